The van der Waals surface area contributed by atoms with Gasteiger partial charge in [-0.15, -0.1) is 10.2 Å². The van der Waals surface area contributed by atoms with Gasteiger partial charge in [0.2, 0.25) is 5.16 Å². The molecule has 4 aromatic heterocycles. The van der Waals surface area contributed by atoms with Crippen molar-refractivity contribution in [2.24, 2.45) is 7.05 Å². The number of tetrazole rings is 1. The summed E-state index contributed by atoms with van der Waals surface area (Å²) >= 11 is 2.10. The van der Waals surface area contributed by atoms with Crippen LogP contribution in [0.5, 0.6) is 6.01 Å². The predicted octanol–water partition coefficient (Wildman–Crippen LogP) is 1.49. The molecule has 0 unspecified atom stereocenters. The molecule has 0 N–H and O–H groups in total. The maximum atomic E-state index is 10.8. The first-order valence-electron chi connectivity index (χ1n) is 7.94. The number of aromatic nitrogens is 9. The molecule has 0 bridgehead atoms. The monoisotopic (exact) mass is 436 g/mol. The minimum atomic E-state index is -0.491. The molecule has 0 aliphatic carbocycles. The molecule has 0 aliphatic heterocycles. The van der Waals surface area contributed by atoms with Crippen LogP contribution >= 0.6 is 23.1 Å². The Bertz CT molecular complexity index is 1180. The van der Waals surface area contributed by atoms with Gasteiger partial charge in [-0.3, -0.25) is 14.7 Å². The zero-order chi connectivity index (χ0) is 20.5. The van der Waals surface area contributed by atoms with Crippen LogP contribution in [-0.4, -0.2) is 50.0 Å². The number of ether oxygens (including phenoxy) is 1. The lowest BCUT2D eigenvalue weighted by molar-refractivity contribution is -0.380. The Morgan fingerprint density at radius 2 is 2.17 bits per heavy atom. The van der Waals surface area contributed by atoms with Crippen molar-refractivity contribution in [3.8, 4) is 11.9 Å². The highest BCUT2D eigenvalue weighted by Gasteiger charge is 2.20. The summed E-state index contributed by atoms with van der Waals surface area (Å²) in [7, 11) is 1.70. The SMILES string of the molecule is Cc1noc(-n2nnnc2COc2nnc(Sc3ncc([N+](=O)[O-])s3)n2C)c1C. The first kappa shape index (κ1) is 18.9. The Balaban J connectivity index is 1.47. The van der Waals surface area contributed by atoms with Gasteiger partial charge in [0.05, 0.1) is 10.6 Å². The van der Waals surface area contributed by atoms with Crippen molar-refractivity contribution in [3.63, 3.8) is 0 Å². The van der Waals surface area contributed by atoms with Crippen molar-refractivity contribution in [1.82, 2.24) is 45.1 Å². The third kappa shape index (κ3) is 3.66. The second-order valence-corrected chi connectivity index (χ2v) is 7.86. The van der Waals surface area contributed by atoms with Crippen LogP contribution in [0, 0.1) is 24.0 Å². The van der Waals surface area contributed by atoms with E-state index in [0.717, 1.165) is 34.4 Å². The molecule has 14 nitrogen and oxygen atoms in total. The number of nitro groups is 1. The Hall–Kier alpha value is -3.40. The summed E-state index contributed by atoms with van der Waals surface area (Å²) in [5.74, 6) is 0.794. The van der Waals surface area contributed by atoms with Crippen molar-refractivity contribution in [2.45, 2.75) is 30.0 Å². The number of aryl methyl sites for hydroxylation is 1. The number of hydrogen-bond donors (Lipinski definition) is 0. The van der Waals surface area contributed by atoms with Crippen LogP contribution < -0.4 is 4.74 Å². The second-order valence-electron chi connectivity index (χ2n) is 5.64. The van der Waals surface area contributed by atoms with Gasteiger partial charge < -0.3 is 9.26 Å². The summed E-state index contributed by atoms with van der Waals surface area (Å²) in [5.41, 5.74) is 1.55. The lowest BCUT2D eigenvalue weighted by Gasteiger charge is -2.05. The van der Waals surface area contributed by atoms with Crippen LogP contribution in [0.4, 0.5) is 5.00 Å². The van der Waals surface area contributed by atoms with Gasteiger partial charge in [-0.05, 0) is 47.4 Å². The highest BCUT2D eigenvalue weighted by molar-refractivity contribution is 8.00. The molecule has 0 atom stereocenters. The fraction of sp³-hybridized carbons (Fsp3) is 0.308. The molecule has 16 heteroatoms. The van der Waals surface area contributed by atoms with Crippen LogP contribution in [-0.2, 0) is 13.7 Å². The van der Waals surface area contributed by atoms with Crippen LogP contribution in [0.15, 0.2) is 20.2 Å². The highest BCUT2D eigenvalue weighted by atomic mass is 32.2. The van der Waals surface area contributed by atoms with Gasteiger partial charge in [-0.25, -0.2) is 4.98 Å². The highest BCUT2D eigenvalue weighted by Crippen LogP contribution is 2.34. The quantitative estimate of drug-likeness (QED) is 0.303. The van der Waals surface area contributed by atoms with Gasteiger partial charge in [-0.1, -0.05) is 10.3 Å². The minimum Gasteiger partial charge on any atom is -0.455 e. The second kappa shape index (κ2) is 7.55. The van der Waals surface area contributed by atoms with Crippen LogP contribution in [0.1, 0.15) is 17.1 Å². The molecule has 0 fully saturated rings. The summed E-state index contributed by atoms with van der Waals surface area (Å²) in [4.78, 5) is 14.3. The summed E-state index contributed by atoms with van der Waals surface area (Å²) in [6.45, 7) is 3.67. The van der Waals surface area contributed by atoms with Gasteiger partial charge in [0.1, 0.15) is 6.20 Å². The van der Waals surface area contributed by atoms with E-state index in [-0.39, 0.29) is 17.6 Å². The fourth-order valence-electron chi connectivity index (χ4n) is 2.16. The normalized spacial score (nSPS) is 11.1. The topological polar surface area (TPSA) is 166 Å². The lowest BCUT2D eigenvalue weighted by atomic mass is 10.3. The molecule has 0 spiro atoms. The molecule has 0 amide bonds. The van der Waals surface area contributed by atoms with E-state index < -0.39 is 4.92 Å². The summed E-state index contributed by atoms with van der Waals surface area (Å²) < 4.78 is 14.4. The molecule has 0 aliphatic rings. The first-order chi connectivity index (χ1) is 13.9. The van der Waals surface area contributed by atoms with Crippen molar-refractivity contribution in [3.05, 3.63) is 33.4 Å². The third-order valence-corrected chi connectivity index (χ3v) is 5.88. The minimum absolute atomic E-state index is 0.00551. The molecule has 4 rings (SSSR count). The number of hydrogen-bond acceptors (Lipinski definition) is 13. The molecule has 29 heavy (non-hydrogen) atoms. The van der Waals surface area contributed by atoms with Gasteiger partial charge in [0.25, 0.3) is 5.88 Å². The van der Waals surface area contributed by atoms with Crippen molar-refractivity contribution < 1.29 is 14.2 Å². The Labute approximate surface area is 170 Å². The van der Waals surface area contributed by atoms with E-state index in [2.05, 4.69) is 35.9 Å². The number of nitrogens with zero attached hydrogens (tertiary/aromatic N) is 10. The van der Waals surface area contributed by atoms with Crippen molar-refractivity contribution >= 4 is 28.1 Å². The average Bonchev–Trinajstić information content (AvgIpc) is 3.46. The zero-order valence-electron chi connectivity index (χ0n) is 15.2. The maximum Gasteiger partial charge on any atom is 0.344 e. The molecular weight excluding hydrogens is 424 g/mol. The number of rotatable bonds is 7. The van der Waals surface area contributed by atoms with Crippen molar-refractivity contribution in [1.29, 1.82) is 0 Å². The van der Waals surface area contributed by atoms with E-state index in [1.54, 1.807) is 11.6 Å². The largest absolute Gasteiger partial charge is 0.455 e. The molecule has 0 radical (unpaired) electrons. The van der Waals surface area contributed by atoms with Gasteiger partial charge in [0, 0.05) is 12.6 Å². The molecule has 4 aromatic rings. The predicted molar refractivity (Wildman–Crippen MR) is 96.9 cm³/mol. The molecular formula is C13H12N10O4S2. The van der Waals surface area contributed by atoms with E-state index in [1.165, 1.54) is 10.9 Å². The molecule has 4 heterocycles. The fourth-order valence-corrected chi connectivity index (χ4v) is 3.83. The van der Waals surface area contributed by atoms with E-state index >= 15 is 0 Å². The Kier molecular flexibility index (Phi) is 4.93. The zero-order valence-corrected chi connectivity index (χ0v) is 16.8. The smallest absolute Gasteiger partial charge is 0.344 e. The molecule has 150 valence electrons. The van der Waals surface area contributed by atoms with Gasteiger partial charge in [0.15, 0.2) is 16.8 Å². The lowest BCUT2D eigenvalue weighted by Crippen LogP contribution is -2.09. The van der Waals surface area contributed by atoms with Gasteiger partial charge >= 0.3 is 11.0 Å². The standard InChI is InChI=1S/C13H12N10O4S2/c1-6-7(2)18-27-10(6)22-8(15-19-20-22)5-26-11-16-17-12(21(11)3)29-13-14-4-9(28-13)23(24)25/h4H,5H2,1-3H3. The van der Waals surface area contributed by atoms with Crippen LogP contribution in [0.25, 0.3) is 5.88 Å². The summed E-state index contributed by atoms with van der Waals surface area (Å²) in [6, 6.07) is 0.221. The summed E-state index contributed by atoms with van der Waals surface area (Å²) in [5, 5.41) is 34.6. The number of thiazole rings is 1. The maximum absolute atomic E-state index is 10.8. The van der Waals surface area contributed by atoms with E-state index in [9.17, 15) is 10.1 Å². The molecule has 0 aromatic carbocycles. The van der Waals surface area contributed by atoms with E-state index in [1.807, 2.05) is 13.8 Å². The molecule has 0 saturated heterocycles. The Morgan fingerprint density at radius 3 is 2.86 bits per heavy atom. The third-order valence-electron chi connectivity index (χ3n) is 3.82. The summed E-state index contributed by atoms with van der Waals surface area (Å²) in [6.07, 6.45) is 1.20. The van der Waals surface area contributed by atoms with E-state index in [0.29, 0.717) is 21.2 Å². The van der Waals surface area contributed by atoms with Crippen molar-refractivity contribution in [2.75, 3.05) is 0 Å². The van der Waals surface area contributed by atoms with Gasteiger partial charge in [-0.2, -0.15) is 4.68 Å². The molecule has 0 saturated carbocycles. The average molecular weight is 436 g/mol. The van der Waals surface area contributed by atoms with Crippen LogP contribution in [0.2, 0.25) is 0 Å². The Morgan fingerprint density at radius 1 is 1.34 bits per heavy atom. The first-order valence-corrected chi connectivity index (χ1v) is 9.58. The van der Waals surface area contributed by atoms with Crippen LogP contribution in [0.3, 0.4) is 0 Å². The van der Waals surface area contributed by atoms with E-state index in [4.69, 9.17) is 9.26 Å².